The van der Waals surface area contributed by atoms with E-state index in [4.69, 9.17) is 5.73 Å². The minimum absolute atomic E-state index is 0.0778. The summed E-state index contributed by atoms with van der Waals surface area (Å²) in [6, 6.07) is 17.6. The van der Waals surface area contributed by atoms with Crippen LogP contribution in [0, 0.1) is 17.0 Å². The largest absolute Gasteiger partial charge is 0.338 e. The number of carbonyl (C=O) groups excluding carboxylic acids is 2. The summed E-state index contributed by atoms with van der Waals surface area (Å²) in [5.41, 5.74) is 8.37. The lowest BCUT2D eigenvalue weighted by atomic mass is 10.00. The average molecular weight is 461 g/mol. The maximum Gasteiger partial charge on any atom is 0.272 e. The van der Waals surface area contributed by atoms with Crippen LogP contribution in [-0.2, 0) is 6.54 Å². The topological polar surface area (TPSA) is 128 Å². The van der Waals surface area contributed by atoms with Crippen LogP contribution in [-0.4, -0.2) is 21.6 Å². The molecule has 0 fully saturated rings. The summed E-state index contributed by atoms with van der Waals surface area (Å²) in [4.78, 5) is 41.5. The second-order valence-electron chi connectivity index (χ2n) is 7.46. The molecule has 9 heteroatoms. The van der Waals surface area contributed by atoms with Crippen LogP contribution in [0.3, 0.4) is 0 Å². The molecule has 0 radical (unpaired) electrons. The van der Waals surface area contributed by atoms with Crippen LogP contribution in [0.5, 0.6) is 0 Å². The van der Waals surface area contributed by atoms with Gasteiger partial charge in [-0.3, -0.25) is 19.7 Å². The lowest BCUT2D eigenvalue weighted by Crippen LogP contribution is -2.34. The van der Waals surface area contributed by atoms with Crippen LogP contribution in [0.4, 0.5) is 5.69 Å². The summed E-state index contributed by atoms with van der Waals surface area (Å²) >= 11 is 1.26. The first-order valence-corrected chi connectivity index (χ1v) is 10.9. The monoisotopic (exact) mass is 460 g/mol. The Morgan fingerprint density at radius 1 is 1.12 bits per heavy atom. The third-order valence-corrected chi connectivity index (χ3v) is 6.30. The Morgan fingerprint density at radius 2 is 1.85 bits per heavy atom. The van der Waals surface area contributed by atoms with Crippen molar-refractivity contribution in [3.63, 3.8) is 0 Å². The quantitative estimate of drug-likeness (QED) is 0.240. The van der Waals surface area contributed by atoms with Crippen molar-refractivity contribution in [2.45, 2.75) is 19.5 Å². The number of Topliss-reactive ketones (excluding diaryl/α,β-unsaturated/α-hetero) is 1. The first-order chi connectivity index (χ1) is 15.9. The molecule has 3 aromatic carbocycles. The molecule has 1 unspecified atom stereocenters. The van der Waals surface area contributed by atoms with Crippen molar-refractivity contribution < 1.29 is 14.5 Å². The molecule has 0 saturated carbocycles. The number of thiazole rings is 1. The number of nitro groups is 1. The molecule has 4 aromatic rings. The molecule has 3 N–H and O–H groups in total. The van der Waals surface area contributed by atoms with Gasteiger partial charge in [0.2, 0.25) is 5.78 Å². The van der Waals surface area contributed by atoms with Gasteiger partial charge in [0.15, 0.2) is 5.01 Å². The zero-order valence-electron chi connectivity index (χ0n) is 17.6. The van der Waals surface area contributed by atoms with Crippen molar-refractivity contribution in [1.29, 1.82) is 0 Å². The SMILES string of the molecule is Cc1cc(C(=O)NC(C(=O)c2nc3ccccc3s2)c2ccc(CN)cc2)ccc1[N+](=O)[O-]. The van der Waals surface area contributed by atoms with Crippen molar-refractivity contribution in [3.8, 4) is 0 Å². The van der Waals surface area contributed by atoms with Gasteiger partial charge in [-0.25, -0.2) is 4.98 Å². The van der Waals surface area contributed by atoms with E-state index in [9.17, 15) is 19.7 Å². The molecule has 0 bridgehead atoms. The number of benzene rings is 3. The first-order valence-electron chi connectivity index (χ1n) is 10.1. The smallest absolute Gasteiger partial charge is 0.272 e. The van der Waals surface area contributed by atoms with E-state index in [2.05, 4.69) is 10.3 Å². The van der Waals surface area contributed by atoms with E-state index in [1.54, 1.807) is 31.2 Å². The van der Waals surface area contributed by atoms with Crippen LogP contribution >= 0.6 is 11.3 Å². The number of para-hydroxylation sites is 1. The fourth-order valence-electron chi connectivity index (χ4n) is 3.46. The molecule has 1 aromatic heterocycles. The van der Waals surface area contributed by atoms with Gasteiger partial charge in [-0.1, -0.05) is 36.4 Å². The van der Waals surface area contributed by atoms with E-state index >= 15 is 0 Å². The second kappa shape index (κ2) is 9.27. The van der Waals surface area contributed by atoms with Crippen molar-refractivity contribution in [2.75, 3.05) is 0 Å². The number of aromatic nitrogens is 1. The van der Waals surface area contributed by atoms with Gasteiger partial charge in [-0.15, -0.1) is 11.3 Å². The molecule has 166 valence electrons. The van der Waals surface area contributed by atoms with Crippen molar-refractivity contribution in [3.05, 3.63) is 104 Å². The molecule has 0 aliphatic rings. The third kappa shape index (κ3) is 4.64. The molecule has 1 heterocycles. The van der Waals surface area contributed by atoms with E-state index in [1.165, 1.54) is 29.5 Å². The number of fused-ring (bicyclic) bond motifs is 1. The Kier molecular flexibility index (Phi) is 6.25. The van der Waals surface area contributed by atoms with Gasteiger partial charge < -0.3 is 11.1 Å². The second-order valence-corrected chi connectivity index (χ2v) is 8.49. The van der Waals surface area contributed by atoms with Gasteiger partial charge in [0.25, 0.3) is 11.6 Å². The summed E-state index contributed by atoms with van der Waals surface area (Å²) in [7, 11) is 0. The van der Waals surface area contributed by atoms with Crippen LogP contribution in [0.2, 0.25) is 0 Å². The van der Waals surface area contributed by atoms with Gasteiger partial charge in [-0.05, 0) is 42.3 Å². The summed E-state index contributed by atoms with van der Waals surface area (Å²) < 4.78 is 0.871. The summed E-state index contributed by atoms with van der Waals surface area (Å²) in [6.45, 7) is 1.91. The highest BCUT2D eigenvalue weighted by Gasteiger charge is 2.27. The van der Waals surface area contributed by atoms with E-state index in [0.717, 1.165) is 10.3 Å². The number of nitrogens with zero attached hydrogens (tertiary/aromatic N) is 2. The number of amides is 1. The van der Waals surface area contributed by atoms with Gasteiger partial charge in [0.1, 0.15) is 6.04 Å². The number of hydrogen-bond acceptors (Lipinski definition) is 7. The molecule has 0 aliphatic carbocycles. The maximum atomic E-state index is 13.5. The molecular weight excluding hydrogens is 440 g/mol. The predicted octanol–water partition coefficient (Wildman–Crippen LogP) is 4.33. The van der Waals surface area contributed by atoms with Crippen molar-refractivity contribution in [1.82, 2.24) is 10.3 Å². The Bertz CT molecular complexity index is 1330. The molecule has 33 heavy (non-hydrogen) atoms. The molecule has 0 spiro atoms. The minimum Gasteiger partial charge on any atom is -0.338 e. The number of rotatable bonds is 7. The molecule has 1 amide bonds. The number of carbonyl (C=O) groups is 2. The lowest BCUT2D eigenvalue weighted by molar-refractivity contribution is -0.385. The van der Waals surface area contributed by atoms with Crippen molar-refractivity contribution in [2.24, 2.45) is 5.73 Å². The molecular formula is C24H20N4O4S. The number of ketones is 1. The zero-order chi connectivity index (χ0) is 23.5. The fraction of sp³-hybridized carbons (Fsp3) is 0.125. The van der Waals surface area contributed by atoms with Crippen molar-refractivity contribution >= 4 is 38.9 Å². The maximum absolute atomic E-state index is 13.5. The number of aryl methyl sites for hydroxylation is 1. The Balaban J connectivity index is 1.69. The normalized spacial score (nSPS) is 11.8. The van der Waals surface area contributed by atoms with Crippen LogP contribution in [0.25, 0.3) is 10.2 Å². The lowest BCUT2D eigenvalue weighted by Gasteiger charge is -2.18. The zero-order valence-corrected chi connectivity index (χ0v) is 18.5. The molecule has 4 rings (SSSR count). The van der Waals surface area contributed by atoms with Crippen LogP contribution < -0.4 is 11.1 Å². The predicted molar refractivity (Wildman–Crippen MR) is 126 cm³/mol. The average Bonchev–Trinajstić information content (AvgIpc) is 3.26. The highest BCUT2D eigenvalue weighted by atomic mass is 32.1. The van der Waals surface area contributed by atoms with Gasteiger partial charge in [-0.2, -0.15) is 0 Å². The van der Waals surface area contributed by atoms with E-state index in [-0.39, 0.29) is 22.0 Å². The number of hydrogen-bond donors (Lipinski definition) is 2. The molecule has 0 saturated heterocycles. The summed E-state index contributed by atoms with van der Waals surface area (Å²) in [5, 5.41) is 14.1. The summed E-state index contributed by atoms with van der Waals surface area (Å²) in [5.74, 6) is -0.862. The van der Waals surface area contributed by atoms with E-state index in [1.807, 2.05) is 24.3 Å². The van der Waals surface area contributed by atoms with Gasteiger partial charge in [0.05, 0.1) is 15.1 Å². The number of nitrogens with two attached hydrogens (primary N) is 1. The Hall–Kier alpha value is -3.95. The standard InChI is InChI=1S/C24H20N4O4S/c1-14-12-17(10-11-19(14)28(31)32)23(30)27-21(16-8-6-15(13-25)7-9-16)22(29)24-26-18-4-2-3-5-20(18)33-24/h2-12,21H,13,25H2,1H3,(H,27,30). The van der Waals surface area contributed by atoms with Gasteiger partial charge in [0, 0.05) is 23.7 Å². The summed E-state index contributed by atoms with van der Waals surface area (Å²) in [6.07, 6.45) is 0. The first kappa shape index (κ1) is 22.3. The fourth-order valence-corrected chi connectivity index (χ4v) is 4.40. The van der Waals surface area contributed by atoms with Gasteiger partial charge >= 0.3 is 0 Å². The highest BCUT2D eigenvalue weighted by molar-refractivity contribution is 7.20. The Morgan fingerprint density at radius 3 is 2.48 bits per heavy atom. The highest BCUT2D eigenvalue weighted by Crippen LogP contribution is 2.27. The Labute approximate surface area is 193 Å². The number of nitro benzene ring substituents is 1. The van der Waals surface area contributed by atoms with Crippen LogP contribution in [0.1, 0.15) is 42.9 Å². The minimum atomic E-state index is -0.986. The number of nitrogens with one attached hydrogen (secondary N) is 1. The molecule has 1 atom stereocenters. The van der Waals surface area contributed by atoms with E-state index < -0.39 is 16.9 Å². The molecule has 0 aliphatic heterocycles. The molecule has 8 nitrogen and oxygen atoms in total. The van der Waals surface area contributed by atoms with E-state index in [0.29, 0.717) is 23.2 Å². The third-order valence-electron chi connectivity index (χ3n) is 5.25. The van der Waals surface area contributed by atoms with Crippen LogP contribution in [0.15, 0.2) is 66.7 Å².